The predicted octanol–water partition coefficient (Wildman–Crippen LogP) is 1.92. The summed E-state index contributed by atoms with van der Waals surface area (Å²) in [6.45, 7) is 3.38. The van der Waals surface area contributed by atoms with Gasteiger partial charge >= 0.3 is 5.16 Å². The summed E-state index contributed by atoms with van der Waals surface area (Å²) < 4.78 is 19.7. The van der Waals surface area contributed by atoms with E-state index in [1.165, 1.54) is 0 Å². The molecule has 0 aromatic carbocycles. The highest BCUT2D eigenvalue weighted by molar-refractivity contribution is 7.91. The molecule has 7 nitrogen and oxygen atoms in total. The minimum atomic E-state index is -1.19. The molecule has 0 spiro atoms. The van der Waals surface area contributed by atoms with Gasteiger partial charge in [-0.1, -0.05) is 0 Å². The van der Waals surface area contributed by atoms with Crippen molar-refractivity contribution >= 4 is 22.2 Å². The first kappa shape index (κ1) is 17.8. The van der Waals surface area contributed by atoms with Crippen LogP contribution >= 0.6 is 0 Å². The molecule has 0 saturated heterocycles. The van der Waals surface area contributed by atoms with Gasteiger partial charge in [0.2, 0.25) is 0 Å². The lowest BCUT2D eigenvalue weighted by Gasteiger charge is -2.11. The average Bonchev–Trinajstić information content (AvgIpc) is 2.99. The van der Waals surface area contributed by atoms with Gasteiger partial charge in [0.25, 0.3) is 0 Å². The van der Waals surface area contributed by atoms with Crippen LogP contribution in [0.5, 0.6) is 0 Å². The number of hydrogen-bond donors (Lipinski definition) is 0. The number of ether oxygens (including phenoxy) is 1. The average molecular weight is 359 g/mol. The number of fused-ring (bicyclic) bond motifs is 1. The number of aromatic nitrogens is 5. The standard InChI is InChI=1S/C17H21N5O2S/c1-13-11-18-12-14-16(13)22(15(21-14)5-9-24-2)8-4-10-25(23)17-19-6-3-7-20-17/h3,6-7,11-12H,4-5,8-10H2,1-2H3. The second kappa shape index (κ2) is 8.37. The first-order chi connectivity index (χ1) is 12.2. The summed E-state index contributed by atoms with van der Waals surface area (Å²) in [5.41, 5.74) is 3.06. The van der Waals surface area contributed by atoms with Crippen molar-refractivity contribution in [2.45, 2.75) is 31.5 Å². The van der Waals surface area contributed by atoms with Gasteiger partial charge in [0, 0.05) is 56.3 Å². The zero-order chi connectivity index (χ0) is 17.6. The molecule has 0 saturated carbocycles. The summed E-state index contributed by atoms with van der Waals surface area (Å²) in [6.07, 6.45) is 8.33. The van der Waals surface area contributed by atoms with Gasteiger partial charge in [0.05, 0.1) is 18.3 Å². The lowest BCUT2D eigenvalue weighted by molar-refractivity contribution is 0.199. The molecule has 25 heavy (non-hydrogen) atoms. The Hall–Kier alpha value is -2.03. The Kier molecular flexibility index (Phi) is 5.95. The summed E-state index contributed by atoms with van der Waals surface area (Å²) in [7, 11) is 1.68. The van der Waals surface area contributed by atoms with Crippen molar-refractivity contribution in [3.8, 4) is 0 Å². The van der Waals surface area contributed by atoms with Crippen LogP contribution in [-0.2, 0) is 28.9 Å². The Bertz CT molecular complexity index is 825. The molecule has 0 bridgehead atoms. The summed E-state index contributed by atoms with van der Waals surface area (Å²) in [5.74, 6) is 1.48. The van der Waals surface area contributed by atoms with Crippen LogP contribution in [-0.4, -0.2) is 48.5 Å². The lowest BCUT2D eigenvalue weighted by atomic mass is 10.2. The molecule has 3 rings (SSSR count). The van der Waals surface area contributed by atoms with E-state index in [0.717, 1.165) is 41.8 Å². The molecule has 3 aromatic rings. The van der Waals surface area contributed by atoms with Gasteiger partial charge in [-0.2, -0.15) is 9.97 Å². The molecule has 0 N–H and O–H groups in total. The molecule has 0 aliphatic heterocycles. The SMILES string of the molecule is COCCc1nc2cncc(C)c2n1CCC[S+]([O-])c1ncccn1. The maximum absolute atomic E-state index is 12.3. The summed E-state index contributed by atoms with van der Waals surface area (Å²) in [4.78, 5) is 17.0. The third-order valence-electron chi connectivity index (χ3n) is 3.90. The largest absolute Gasteiger partial charge is 0.609 e. The molecule has 3 aromatic heterocycles. The molecule has 3 heterocycles. The minimum absolute atomic E-state index is 0.387. The van der Waals surface area contributed by atoms with Crippen molar-refractivity contribution in [3.63, 3.8) is 0 Å². The molecule has 8 heteroatoms. The number of aryl methyl sites for hydroxylation is 2. The van der Waals surface area contributed by atoms with Crippen LogP contribution in [0.15, 0.2) is 36.0 Å². The van der Waals surface area contributed by atoms with Gasteiger partial charge in [-0.25, -0.2) is 4.98 Å². The van der Waals surface area contributed by atoms with Crippen LogP contribution in [0.1, 0.15) is 17.8 Å². The van der Waals surface area contributed by atoms with Crippen LogP contribution in [0.25, 0.3) is 11.0 Å². The fourth-order valence-corrected chi connectivity index (χ4v) is 3.71. The first-order valence-electron chi connectivity index (χ1n) is 8.14. The van der Waals surface area contributed by atoms with Gasteiger partial charge in [-0.15, -0.1) is 0 Å². The van der Waals surface area contributed by atoms with Crippen LogP contribution in [0.4, 0.5) is 0 Å². The maximum atomic E-state index is 12.3. The van der Waals surface area contributed by atoms with Crippen LogP contribution < -0.4 is 0 Å². The molecule has 0 fully saturated rings. The lowest BCUT2D eigenvalue weighted by Crippen LogP contribution is -2.14. The quantitative estimate of drug-likeness (QED) is 0.451. The Morgan fingerprint density at radius 3 is 2.80 bits per heavy atom. The summed E-state index contributed by atoms with van der Waals surface area (Å²) >= 11 is -1.19. The van der Waals surface area contributed by atoms with Crippen molar-refractivity contribution in [1.29, 1.82) is 0 Å². The molecule has 0 radical (unpaired) electrons. The second-order valence-electron chi connectivity index (χ2n) is 5.68. The summed E-state index contributed by atoms with van der Waals surface area (Å²) in [6, 6.07) is 1.72. The number of imidazole rings is 1. The Morgan fingerprint density at radius 1 is 1.24 bits per heavy atom. The van der Waals surface area contributed by atoms with E-state index in [-0.39, 0.29) is 0 Å². The van der Waals surface area contributed by atoms with E-state index >= 15 is 0 Å². The monoisotopic (exact) mass is 359 g/mol. The van der Waals surface area contributed by atoms with Gasteiger partial charge in [0.15, 0.2) is 0 Å². The summed E-state index contributed by atoms with van der Waals surface area (Å²) in [5, 5.41) is 0.387. The van der Waals surface area contributed by atoms with Crippen molar-refractivity contribution in [2.75, 3.05) is 19.5 Å². The number of methoxy groups -OCH3 is 1. The number of rotatable bonds is 8. The maximum Gasteiger partial charge on any atom is 0.342 e. The van der Waals surface area contributed by atoms with E-state index in [2.05, 4.69) is 24.5 Å². The second-order valence-corrected chi connectivity index (χ2v) is 7.15. The highest BCUT2D eigenvalue weighted by atomic mass is 32.2. The van der Waals surface area contributed by atoms with Crippen molar-refractivity contribution < 1.29 is 9.29 Å². The number of nitrogens with zero attached hydrogens (tertiary/aromatic N) is 5. The number of hydrogen-bond acceptors (Lipinski definition) is 6. The Labute approximate surface area is 149 Å². The molecule has 132 valence electrons. The normalized spacial score (nSPS) is 12.6. The molecule has 0 aliphatic rings. The van der Waals surface area contributed by atoms with E-state index in [9.17, 15) is 4.55 Å². The van der Waals surface area contributed by atoms with Crippen LogP contribution in [0.2, 0.25) is 0 Å². The minimum Gasteiger partial charge on any atom is -0.609 e. The third kappa shape index (κ3) is 4.15. The zero-order valence-corrected chi connectivity index (χ0v) is 15.2. The molecule has 0 aliphatic carbocycles. The first-order valence-corrected chi connectivity index (χ1v) is 9.46. The molecule has 0 amide bonds. The van der Waals surface area contributed by atoms with Crippen molar-refractivity contribution in [1.82, 2.24) is 24.5 Å². The highest BCUT2D eigenvalue weighted by Crippen LogP contribution is 2.20. The molecule has 1 unspecified atom stereocenters. The van der Waals surface area contributed by atoms with Crippen molar-refractivity contribution in [2.24, 2.45) is 0 Å². The fourth-order valence-electron chi connectivity index (χ4n) is 2.78. The van der Waals surface area contributed by atoms with Crippen LogP contribution in [0.3, 0.4) is 0 Å². The number of pyridine rings is 1. The smallest absolute Gasteiger partial charge is 0.342 e. The molecular formula is C17H21N5O2S. The Morgan fingerprint density at radius 2 is 2.04 bits per heavy atom. The zero-order valence-electron chi connectivity index (χ0n) is 14.4. The van der Waals surface area contributed by atoms with E-state index in [0.29, 0.717) is 17.5 Å². The van der Waals surface area contributed by atoms with E-state index in [4.69, 9.17) is 4.74 Å². The van der Waals surface area contributed by atoms with E-state index in [1.54, 1.807) is 31.8 Å². The Balaban J connectivity index is 1.75. The van der Waals surface area contributed by atoms with Gasteiger partial charge in [-0.3, -0.25) is 4.98 Å². The van der Waals surface area contributed by atoms with Gasteiger partial charge < -0.3 is 13.9 Å². The predicted molar refractivity (Wildman–Crippen MR) is 95.8 cm³/mol. The fraction of sp³-hybridized carbons (Fsp3) is 0.412. The molecule has 1 atom stereocenters. The third-order valence-corrected chi connectivity index (χ3v) is 5.18. The van der Waals surface area contributed by atoms with Crippen LogP contribution in [0, 0.1) is 6.92 Å². The van der Waals surface area contributed by atoms with E-state index < -0.39 is 11.2 Å². The van der Waals surface area contributed by atoms with E-state index in [1.807, 2.05) is 13.1 Å². The highest BCUT2D eigenvalue weighted by Gasteiger charge is 2.16. The topological polar surface area (TPSA) is 88.8 Å². The molecular weight excluding hydrogens is 338 g/mol. The van der Waals surface area contributed by atoms with Crippen molar-refractivity contribution in [3.05, 3.63) is 42.2 Å². The van der Waals surface area contributed by atoms with Gasteiger partial charge in [0.1, 0.15) is 17.1 Å². The van der Waals surface area contributed by atoms with Gasteiger partial charge in [-0.05, 0) is 18.6 Å².